The molecule has 1 aliphatic heterocycles. The monoisotopic (exact) mass is 717 g/mol. The SMILES string of the molecule is c1ccc(-c2cc(-c3ccccc3)cc(-c3nc(-c4ccccc4)nc(-c4cccc5c4-c4ccccc4C(c4ccccc4)(c4ccccc4)O5)n3)c2)cc1. The van der Waals surface area contributed by atoms with Gasteiger partial charge in [0.25, 0.3) is 0 Å². The Bertz CT molecular complexity index is 2710. The summed E-state index contributed by atoms with van der Waals surface area (Å²) in [4.78, 5) is 15.7. The molecule has 0 aliphatic carbocycles. The molecule has 0 radical (unpaired) electrons. The Morgan fingerprint density at radius 1 is 0.321 bits per heavy atom. The van der Waals surface area contributed by atoms with Gasteiger partial charge >= 0.3 is 0 Å². The summed E-state index contributed by atoms with van der Waals surface area (Å²) in [6.07, 6.45) is 0. The van der Waals surface area contributed by atoms with Crippen LogP contribution in [0.15, 0.2) is 212 Å². The van der Waals surface area contributed by atoms with Crippen molar-refractivity contribution in [1.82, 2.24) is 15.0 Å². The third kappa shape index (κ3) is 5.85. The molecule has 0 N–H and O–H groups in total. The normalized spacial score (nSPS) is 12.6. The van der Waals surface area contributed by atoms with Gasteiger partial charge in [0, 0.05) is 38.9 Å². The van der Waals surface area contributed by atoms with Crippen molar-refractivity contribution < 1.29 is 4.74 Å². The Morgan fingerprint density at radius 3 is 1.32 bits per heavy atom. The Labute approximate surface area is 326 Å². The van der Waals surface area contributed by atoms with Gasteiger partial charge in [0.05, 0.1) is 0 Å². The van der Waals surface area contributed by atoms with Crippen molar-refractivity contribution in [1.29, 1.82) is 0 Å². The fraction of sp³-hybridized carbons (Fsp3) is 0.0192. The van der Waals surface area contributed by atoms with Crippen molar-refractivity contribution >= 4 is 0 Å². The summed E-state index contributed by atoms with van der Waals surface area (Å²) in [5.74, 6) is 2.52. The van der Waals surface area contributed by atoms with E-state index >= 15 is 0 Å². The van der Waals surface area contributed by atoms with E-state index in [-0.39, 0.29) is 0 Å². The first-order valence-electron chi connectivity index (χ1n) is 18.9. The van der Waals surface area contributed by atoms with E-state index in [0.717, 1.165) is 72.5 Å². The number of ether oxygens (including phenoxy) is 1. The fourth-order valence-corrected chi connectivity index (χ4v) is 7.94. The van der Waals surface area contributed by atoms with Crippen LogP contribution >= 0.6 is 0 Å². The lowest BCUT2D eigenvalue weighted by molar-refractivity contribution is 0.152. The van der Waals surface area contributed by atoms with Gasteiger partial charge in [-0.25, -0.2) is 15.0 Å². The molecule has 0 saturated heterocycles. The molecule has 56 heavy (non-hydrogen) atoms. The molecular weight excluding hydrogens is 683 g/mol. The van der Waals surface area contributed by atoms with Gasteiger partial charge in [-0.05, 0) is 52.1 Å². The van der Waals surface area contributed by atoms with Gasteiger partial charge in [-0.1, -0.05) is 188 Å². The number of rotatable bonds is 7. The first-order chi connectivity index (χ1) is 27.7. The molecule has 0 bridgehead atoms. The van der Waals surface area contributed by atoms with Crippen molar-refractivity contribution in [3.63, 3.8) is 0 Å². The maximum absolute atomic E-state index is 7.37. The molecule has 0 saturated carbocycles. The van der Waals surface area contributed by atoms with Crippen LogP contribution in [-0.2, 0) is 5.60 Å². The van der Waals surface area contributed by atoms with Crippen LogP contribution in [0, 0.1) is 0 Å². The van der Waals surface area contributed by atoms with Crippen molar-refractivity contribution in [2.45, 2.75) is 5.60 Å². The Balaban J connectivity index is 1.21. The maximum atomic E-state index is 7.37. The second-order valence-corrected chi connectivity index (χ2v) is 13.9. The number of hydrogen-bond acceptors (Lipinski definition) is 4. The molecule has 8 aromatic carbocycles. The molecule has 4 heteroatoms. The van der Waals surface area contributed by atoms with E-state index in [9.17, 15) is 0 Å². The third-order valence-electron chi connectivity index (χ3n) is 10.5. The highest BCUT2D eigenvalue weighted by Gasteiger charge is 2.45. The molecule has 4 nitrogen and oxygen atoms in total. The van der Waals surface area contributed by atoms with E-state index in [1.54, 1.807) is 0 Å². The molecule has 0 atom stereocenters. The minimum atomic E-state index is -0.879. The van der Waals surface area contributed by atoms with Crippen LogP contribution in [0.25, 0.3) is 67.5 Å². The van der Waals surface area contributed by atoms with E-state index in [1.165, 1.54) is 0 Å². The van der Waals surface area contributed by atoms with Crippen molar-refractivity contribution in [3.8, 4) is 73.3 Å². The Hall–Kier alpha value is -7.43. The standard InChI is InChI=1S/C52H35N3O/c1-6-19-36(20-7-1)39-33-40(37-21-8-2-9-22-37)35-41(34-39)50-53-49(38-23-10-3-11-24-38)54-51(55-50)45-30-18-32-47-48(45)44-29-16-17-31-46(44)52(56-47,42-25-12-4-13-26-42)43-27-14-5-15-28-43/h1-35H. The smallest absolute Gasteiger partial charge is 0.185 e. The minimum absolute atomic E-state index is 0.572. The molecule has 0 unspecified atom stereocenters. The lowest BCUT2D eigenvalue weighted by atomic mass is 9.74. The second-order valence-electron chi connectivity index (χ2n) is 13.9. The summed E-state index contributed by atoms with van der Waals surface area (Å²) in [5.41, 5.74) is 11.4. The van der Waals surface area contributed by atoms with Gasteiger partial charge in [-0.2, -0.15) is 0 Å². The van der Waals surface area contributed by atoms with Gasteiger partial charge in [-0.15, -0.1) is 0 Å². The second kappa shape index (κ2) is 14.1. The van der Waals surface area contributed by atoms with Crippen molar-refractivity contribution in [3.05, 3.63) is 229 Å². The first kappa shape index (κ1) is 33.2. The average Bonchev–Trinajstić information content (AvgIpc) is 3.29. The zero-order valence-electron chi connectivity index (χ0n) is 30.5. The lowest BCUT2D eigenvalue weighted by Gasteiger charge is -2.41. The third-order valence-corrected chi connectivity index (χ3v) is 10.5. The van der Waals surface area contributed by atoms with Crippen LogP contribution in [0.3, 0.4) is 0 Å². The van der Waals surface area contributed by atoms with Gasteiger partial charge in [0.2, 0.25) is 0 Å². The van der Waals surface area contributed by atoms with E-state index in [0.29, 0.717) is 17.5 Å². The van der Waals surface area contributed by atoms with E-state index < -0.39 is 5.60 Å². The number of aromatic nitrogens is 3. The van der Waals surface area contributed by atoms with Crippen molar-refractivity contribution in [2.24, 2.45) is 0 Å². The fourth-order valence-electron chi connectivity index (χ4n) is 7.94. The highest BCUT2D eigenvalue weighted by Crippen LogP contribution is 2.53. The van der Waals surface area contributed by atoms with E-state index in [1.807, 2.05) is 60.7 Å². The largest absolute Gasteiger partial charge is 0.472 e. The quantitative estimate of drug-likeness (QED) is 0.165. The summed E-state index contributed by atoms with van der Waals surface area (Å²) in [6.45, 7) is 0. The summed E-state index contributed by atoms with van der Waals surface area (Å²) in [7, 11) is 0. The molecule has 0 amide bonds. The summed E-state index contributed by atoms with van der Waals surface area (Å²) in [5, 5.41) is 0. The van der Waals surface area contributed by atoms with Crippen LogP contribution in [0.5, 0.6) is 5.75 Å². The molecule has 10 rings (SSSR count). The molecule has 0 spiro atoms. The Kier molecular flexibility index (Phi) is 8.34. The van der Waals surface area contributed by atoms with Gasteiger partial charge in [0.15, 0.2) is 23.1 Å². The maximum Gasteiger partial charge on any atom is 0.185 e. The van der Waals surface area contributed by atoms with Crippen LogP contribution in [0.4, 0.5) is 0 Å². The van der Waals surface area contributed by atoms with Crippen LogP contribution in [-0.4, -0.2) is 15.0 Å². The van der Waals surface area contributed by atoms with Gasteiger partial charge in [0.1, 0.15) is 5.75 Å². The molecule has 264 valence electrons. The van der Waals surface area contributed by atoms with E-state index in [4.69, 9.17) is 19.7 Å². The number of nitrogens with zero attached hydrogens (tertiary/aromatic N) is 3. The number of fused-ring (bicyclic) bond motifs is 3. The van der Waals surface area contributed by atoms with E-state index in [2.05, 4.69) is 152 Å². The molecule has 1 aromatic heterocycles. The summed E-state index contributed by atoms with van der Waals surface area (Å²) >= 11 is 0. The van der Waals surface area contributed by atoms with Crippen molar-refractivity contribution in [2.75, 3.05) is 0 Å². The molecule has 1 aliphatic rings. The lowest BCUT2D eigenvalue weighted by Crippen LogP contribution is -2.38. The number of hydrogen-bond donors (Lipinski definition) is 0. The highest BCUT2D eigenvalue weighted by molar-refractivity contribution is 5.90. The average molecular weight is 718 g/mol. The first-order valence-corrected chi connectivity index (χ1v) is 18.9. The highest BCUT2D eigenvalue weighted by atomic mass is 16.5. The van der Waals surface area contributed by atoms with Crippen LogP contribution < -0.4 is 4.74 Å². The Morgan fingerprint density at radius 2 is 0.750 bits per heavy atom. The van der Waals surface area contributed by atoms with Gasteiger partial charge < -0.3 is 4.74 Å². The molecular formula is C52H35N3O. The molecule has 2 heterocycles. The number of benzene rings is 8. The minimum Gasteiger partial charge on any atom is -0.472 e. The van der Waals surface area contributed by atoms with Gasteiger partial charge in [-0.3, -0.25) is 0 Å². The predicted octanol–water partition coefficient (Wildman–Crippen LogP) is 12.6. The summed E-state index contributed by atoms with van der Waals surface area (Å²) in [6, 6.07) is 73.4. The zero-order chi connectivity index (χ0) is 37.3. The predicted molar refractivity (Wildman–Crippen MR) is 226 cm³/mol. The summed E-state index contributed by atoms with van der Waals surface area (Å²) < 4.78 is 7.37. The molecule has 0 fully saturated rings. The van der Waals surface area contributed by atoms with Crippen LogP contribution in [0.2, 0.25) is 0 Å². The van der Waals surface area contributed by atoms with Crippen LogP contribution in [0.1, 0.15) is 16.7 Å². The zero-order valence-corrected chi connectivity index (χ0v) is 30.5. The topological polar surface area (TPSA) is 47.9 Å². The molecule has 9 aromatic rings.